The third-order valence-electron chi connectivity index (χ3n) is 2.37. The van der Waals surface area contributed by atoms with E-state index in [2.05, 4.69) is 10.3 Å². The average Bonchev–Trinajstić information content (AvgIpc) is 2.78. The lowest BCUT2D eigenvalue weighted by molar-refractivity contribution is -0.385. The first-order valence-corrected chi connectivity index (χ1v) is 4.90. The van der Waals surface area contributed by atoms with E-state index in [1.165, 1.54) is 16.9 Å². The van der Waals surface area contributed by atoms with Gasteiger partial charge in [-0.15, -0.1) is 5.10 Å². The Bertz CT molecular complexity index is 635. The maximum absolute atomic E-state index is 10.8. The molecule has 0 unspecified atom stereocenters. The highest BCUT2D eigenvalue weighted by atomic mass is 16.6. The number of aryl methyl sites for hydroxylation is 1. The van der Waals surface area contributed by atoms with Crippen molar-refractivity contribution in [3.8, 4) is 5.69 Å². The number of nitro benzene ring substituents is 1. The molecule has 1 N–H and O–H groups in total. The largest absolute Gasteiger partial charge is 0.476 e. The van der Waals surface area contributed by atoms with Gasteiger partial charge in [-0.2, -0.15) is 0 Å². The number of nitrogens with zero attached hydrogens (tertiary/aromatic N) is 4. The van der Waals surface area contributed by atoms with Crippen LogP contribution in [0.3, 0.4) is 0 Å². The Morgan fingerprint density at radius 3 is 2.78 bits per heavy atom. The highest BCUT2D eigenvalue weighted by Gasteiger charge is 2.14. The van der Waals surface area contributed by atoms with Crippen molar-refractivity contribution >= 4 is 11.7 Å². The lowest BCUT2D eigenvalue weighted by Crippen LogP contribution is -1.98. The van der Waals surface area contributed by atoms with Crippen molar-refractivity contribution in [1.82, 2.24) is 15.0 Å². The fourth-order valence-corrected chi connectivity index (χ4v) is 1.42. The highest BCUT2D eigenvalue weighted by Crippen LogP contribution is 2.21. The van der Waals surface area contributed by atoms with Gasteiger partial charge < -0.3 is 5.11 Å². The minimum Gasteiger partial charge on any atom is -0.476 e. The molecule has 0 radical (unpaired) electrons. The van der Waals surface area contributed by atoms with Crippen LogP contribution in [0.2, 0.25) is 0 Å². The molecule has 2 aromatic rings. The lowest BCUT2D eigenvalue weighted by atomic mass is 10.2. The van der Waals surface area contributed by atoms with Gasteiger partial charge in [-0.05, 0) is 13.0 Å². The second kappa shape index (κ2) is 4.24. The Hall–Kier alpha value is -2.77. The molecule has 8 nitrogen and oxygen atoms in total. The maximum atomic E-state index is 10.8. The first-order valence-electron chi connectivity index (χ1n) is 4.90. The Balaban J connectivity index is 2.47. The molecule has 0 bridgehead atoms. The van der Waals surface area contributed by atoms with Crippen LogP contribution in [0, 0.1) is 17.0 Å². The van der Waals surface area contributed by atoms with Crippen LogP contribution in [0.1, 0.15) is 16.1 Å². The number of rotatable bonds is 3. The predicted octanol–water partition coefficient (Wildman–Crippen LogP) is 1.18. The van der Waals surface area contributed by atoms with Crippen molar-refractivity contribution in [2.45, 2.75) is 6.92 Å². The van der Waals surface area contributed by atoms with Crippen LogP contribution in [0.5, 0.6) is 0 Å². The molecule has 0 saturated heterocycles. The molecule has 0 fully saturated rings. The lowest BCUT2D eigenvalue weighted by Gasteiger charge is -2.01. The van der Waals surface area contributed by atoms with Crippen molar-refractivity contribution < 1.29 is 14.8 Å². The van der Waals surface area contributed by atoms with Crippen molar-refractivity contribution in [3.05, 3.63) is 45.8 Å². The van der Waals surface area contributed by atoms with E-state index in [1.54, 1.807) is 19.1 Å². The van der Waals surface area contributed by atoms with Crippen molar-refractivity contribution in [1.29, 1.82) is 0 Å². The molecular weight excluding hydrogens is 240 g/mol. The molecule has 92 valence electrons. The molecule has 0 amide bonds. The molecule has 2 rings (SSSR count). The summed E-state index contributed by atoms with van der Waals surface area (Å²) in [4.78, 5) is 20.9. The molecule has 0 atom stereocenters. The summed E-state index contributed by atoms with van der Waals surface area (Å²) in [6, 6.07) is 4.48. The van der Waals surface area contributed by atoms with E-state index in [-0.39, 0.29) is 11.4 Å². The molecule has 1 aromatic carbocycles. The van der Waals surface area contributed by atoms with Gasteiger partial charge in [0.2, 0.25) is 0 Å². The number of aromatic nitrogens is 3. The summed E-state index contributed by atoms with van der Waals surface area (Å²) in [7, 11) is 0. The molecule has 1 heterocycles. The zero-order valence-electron chi connectivity index (χ0n) is 9.27. The van der Waals surface area contributed by atoms with Gasteiger partial charge in [-0.3, -0.25) is 10.1 Å². The Labute approximate surface area is 101 Å². The van der Waals surface area contributed by atoms with Gasteiger partial charge in [0.15, 0.2) is 5.69 Å². The molecular formula is C10H8N4O4. The molecule has 0 spiro atoms. The molecule has 0 aliphatic carbocycles. The first-order chi connectivity index (χ1) is 8.49. The van der Waals surface area contributed by atoms with Gasteiger partial charge >= 0.3 is 5.97 Å². The first kappa shape index (κ1) is 11.7. The summed E-state index contributed by atoms with van der Waals surface area (Å²) in [6.45, 7) is 1.62. The zero-order chi connectivity index (χ0) is 13.3. The van der Waals surface area contributed by atoms with E-state index in [1.807, 2.05) is 0 Å². The van der Waals surface area contributed by atoms with Crippen LogP contribution in [0.15, 0.2) is 24.4 Å². The van der Waals surface area contributed by atoms with Gasteiger partial charge in [0.1, 0.15) is 0 Å². The van der Waals surface area contributed by atoms with Crippen molar-refractivity contribution in [2.75, 3.05) is 0 Å². The van der Waals surface area contributed by atoms with Gasteiger partial charge in [-0.1, -0.05) is 11.3 Å². The zero-order valence-corrected chi connectivity index (χ0v) is 9.27. The molecule has 0 aliphatic rings. The van der Waals surface area contributed by atoms with E-state index in [0.717, 1.165) is 0 Å². The van der Waals surface area contributed by atoms with Crippen LogP contribution in [0.25, 0.3) is 5.69 Å². The van der Waals surface area contributed by atoms with Gasteiger partial charge in [0.25, 0.3) is 5.69 Å². The number of aromatic carboxylic acids is 1. The normalized spacial score (nSPS) is 10.3. The molecule has 1 aromatic heterocycles. The number of carbonyl (C=O) groups is 1. The number of carboxylic acids is 1. The van der Waals surface area contributed by atoms with Crippen molar-refractivity contribution in [3.63, 3.8) is 0 Å². The third kappa shape index (κ3) is 2.03. The summed E-state index contributed by atoms with van der Waals surface area (Å²) < 4.78 is 1.18. The van der Waals surface area contributed by atoms with Crippen LogP contribution < -0.4 is 0 Å². The van der Waals surface area contributed by atoms with Crippen LogP contribution in [-0.2, 0) is 0 Å². The number of carboxylic acid groups (broad SMARTS) is 1. The van der Waals surface area contributed by atoms with E-state index < -0.39 is 10.9 Å². The van der Waals surface area contributed by atoms with E-state index in [0.29, 0.717) is 11.3 Å². The van der Waals surface area contributed by atoms with Gasteiger partial charge in [0.05, 0.1) is 16.8 Å². The molecule has 0 saturated carbocycles. The van der Waals surface area contributed by atoms with E-state index in [9.17, 15) is 14.9 Å². The summed E-state index contributed by atoms with van der Waals surface area (Å²) in [5, 5.41) is 26.5. The van der Waals surface area contributed by atoms with E-state index in [4.69, 9.17) is 5.11 Å². The maximum Gasteiger partial charge on any atom is 0.358 e. The predicted molar refractivity (Wildman–Crippen MR) is 59.7 cm³/mol. The van der Waals surface area contributed by atoms with Crippen molar-refractivity contribution in [2.24, 2.45) is 0 Å². The van der Waals surface area contributed by atoms with E-state index >= 15 is 0 Å². The number of benzene rings is 1. The Kier molecular flexibility index (Phi) is 2.76. The second-order valence-corrected chi connectivity index (χ2v) is 3.58. The molecule has 18 heavy (non-hydrogen) atoms. The summed E-state index contributed by atoms with van der Waals surface area (Å²) in [6.07, 6.45) is 1.19. The number of nitro groups is 1. The monoisotopic (exact) mass is 248 g/mol. The minimum absolute atomic E-state index is 0.0557. The van der Waals surface area contributed by atoms with Gasteiger partial charge in [-0.25, -0.2) is 9.48 Å². The molecule has 0 aliphatic heterocycles. The fourth-order valence-electron chi connectivity index (χ4n) is 1.42. The highest BCUT2D eigenvalue weighted by molar-refractivity contribution is 5.84. The van der Waals surface area contributed by atoms with Gasteiger partial charge in [0, 0.05) is 11.6 Å². The number of hydrogen-bond acceptors (Lipinski definition) is 5. The Morgan fingerprint density at radius 1 is 1.50 bits per heavy atom. The Morgan fingerprint density at radius 2 is 2.22 bits per heavy atom. The topological polar surface area (TPSA) is 111 Å². The quantitative estimate of drug-likeness (QED) is 0.644. The molecule has 8 heteroatoms. The van der Waals surface area contributed by atoms with Crippen LogP contribution in [0.4, 0.5) is 5.69 Å². The minimum atomic E-state index is -1.21. The summed E-state index contributed by atoms with van der Waals surface area (Å²) >= 11 is 0. The third-order valence-corrected chi connectivity index (χ3v) is 2.37. The SMILES string of the molecule is Cc1ccc(-n2cc(C(=O)O)nn2)cc1[N+](=O)[O-]. The average molecular weight is 248 g/mol. The van der Waals surface area contributed by atoms with Crippen LogP contribution >= 0.6 is 0 Å². The fraction of sp³-hybridized carbons (Fsp3) is 0.100. The standard InChI is InChI=1S/C10H8N4O4/c1-6-2-3-7(4-9(6)14(17)18)13-5-8(10(15)16)11-12-13/h2-5H,1H3,(H,15,16). The summed E-state index contributed by atoms with van der Waals surface area (Å²) in [5.74, 6) is -1.21. The number of hydrogen-bond donors (Lipinski definition) is 1. The summed E-state index contributed by atoms with van der Waals surface area (Å²) in [5.41, 5.74) is 0.618. The smallest absolute Gasteiger partial charge is 0.358 e. The van der Waals surface area contributed by atoms with Crippen LogP contribution in [-0.4, -0.2) is 31.0 Å². The second-order valence-electron chi connectivity index (χ2n) is 3.58.